The zero-order valence-corrected chi connectivity index (χ0v) is 8.91. The standard InChI is InChI=1S/C9H16O6/c1-4-8(15-5(2)10)6(11)7(12)9(13-3)14-4/h4,6-9,11-12H,1-3H3/t4-,6-,7+,8-,9+/m0/s1. The zero-order chi connectivity index (χ0) is 11.6. The van der Waals surface area contributed by atoms with Gasteiger partial charge in [-0.15, -0.1) is 0 Å². The van der Waals surface area contributed by atoms with Crippen molar-refractivity contribution < 1.29 is 29.2 Å². The molecule has 1 fully saturated rings. The van der Waals surface area contributed by atoms with Crippen molar-refractivity contribution in [2.24, 2.45) is 0 Å². The number of ether oxygens (including phenoxy) is 3. The van der Waals surface area contributed by atoms with Gasteiger partial charge in [-0.05, 0) is 6.92 Å². The van der Waals surface area contributed by atoms with E-state index in [1.165, 1.54) is 14.0 Å². The van der Waals surface area contributed by atoms with E-state index >= 15 is 0 Å². The van der Waals surface area contributed by atoms with E-state index in [1.807, 2.05) is 0 Å². The van der Waals surface area contributed by atoms with Crippen LogP contribution in [0.3, 0.4) is 0 Å². The van der Waals surface area contributed by atoms with Gasteiger partial charge in [-0.1, -0.05) is 0 Å². The molecule has 5 atom stereocenters. The predicted octanol–water partition coefficient (Wildman–Crippen LogP) is -0.969. The Bertz CT molecular complexity index is 231. The molecule has 88 valence electrons. The van der Waals surface area contributed by atoms with E-state index in [0.717, 1.165) is 0 Å². The second-order valence-corrected chi connectivity index (χ2v) is 3.50. The Kier molecular flexibility index (Phi) is 4.04. The molecule has 1 saturated heterocycles. The van der Waals surface area contributed by atoms with Crippen molar-refractivity contribution in [1.29, 1.82) is 0 Å². The molecule has 1 heterocycles. The van der Waals surface area contributed by atoms with Gasteiger partial charge < -0.3 is 24.4 Å². The summed E-state index contributed by atoms with van der Waals surface area (Å²) in [5.41, 5.74) is 0. The van der Waals surface area contributed by atoms with E-state index < -0.39 is 36.7 Å². The van der Waals surface area contributed by atoms with Crippen LogP contribution in [0.1, 0.15) is 13.8 Å². The van der Waals surface area contributed by atoms with Crippen LogP contribution in [0.4, 0.5) is 0 Å². The minimum atomic E-state index is -1.23. The van der Waals surface area contributed by atoms with Gasteiger partial charge in [-0.2, -0.15) is 0 Å². The molecule has 0 aliphatic carbocycles. The third-order valence-electron chi connectivity index (χ3n) is 2.31. The Hall–Kier alpha value is -0.690. The number of esters is 1. The number of aliphatic hydroxyl groups is 2. The van der Waals surface area contributed by atoms with Gasteiger partial charge in [0, 0.05) is 14.0 Å². The lowest BCUT2D eigenvalue weighted by atomic mass is 10.00. The summed E-state index contributed by atoms with van der Waals surface area (Å²) in [6, 6.07) is 0. The van der Waals surface area contributed by atoms with Crippen LogP contribution in [-0.4, -0.2) is 54.0 Å². The number of hydrogen-bond acceptors (Lipinski definition) is 6. The number of rotatable bonds is 2. The highest BCUT2D eigenvalue weighted by molar-refractivity contribution is 5.66. The quantitative estimate of drug-likeness (QED) is 0.582. The van der Waals surface area contributed by atoms with Crippen LogP contribution in [0.15, 0.2) is 0 Å². The molecule has 0 aromatic heterocycles. The Morgan fingerprint density at radius 2 is 1.93 bits per heavy atom. The molecule has 1 aliphatic rings. The summed E-state index contributed by atoms with van der Waals surface area (Å²) in [5, 5.41) is 19.2. The summed E-state index contributed by atoms with van der Waals surface area (Å²) in [6.45, 7) is 2.86. The third kappa shape index (κ3) is 2.66. The van der Waals surface area contributed by atoms with Crippen LogP contribution in [0, 0.1) is 0 Å². The summed E-state index contributed by atoms with van der Waals surface area (Å²) < 4.78 is 14.9. The minimum absolute atomic E-state index is 0.530. The van der Waals surface area contributed by atoms with Gasteiger partial charge in [0.15, 0.2) is 12.4 Å². The smallest absolute Gasteiger partial charge is 0.303 e. The maximum atomic E-state index is 10.8. The summed E-state index contributed by atoms with van der Waals surface area (Å²) >= 11 is 0. The lowest BCUT2D eigenvalue weighted by molar-refractivity contribution is -0.288. The van der Waals surface area contributed by atoms with Gasteiger partial charge in [0.2, 0.25) is 0 Å². The number of hydrogen-bond donors (Lipinski definition) is 2. The lowest BCUT2D eigenvalue weighted by Crippen LogP contribution is -2.58. The first kappa shape index (κ1) is 12.4. The maximum absolute atomic E-state index is 10.8. The first-order valence-electron chi connectivity index (χ1n) is 4.69. The molecule has 6 nitrogen and oxygen atoms in total. The topological polar surface area (TPSA) is 85.2 Å². The first-order valence-corrected chi connectivity index (χ1v) is 4.69. The van der Waals surface area contributed by atoms with Crippen molar-refractivity contribution in [2.45, 2.75) is 44.6 Å². The molecule has 0 bridgehead atoms. The van der Waals surface area contributed by atoms with Gasteiger partial charge in [0.1, 0.15) is 12.2 Å². The SMILES string of the molecule is CO[C@@H]1O[C@@H](C)[C@H](OC(C)=O)[C@@H](O)[C@H]1O. The van der Waals surface area contributed by atoms with Gasteiger partial charge in [0.25, 0.3) is 0 Å². The van der Waals surface area contributed by atoms with Crippen molar-refractivity contribution >= 4 is 5.97 Å². The fourth-order valence-corrected chi connectivity index (χ4v) is 1.55. The number of aliphatic hydroxyl groups excluding tert-OH is 2. The van der Waals surface area contributed by atoms with Crippen LogP contribution in [0.2, 0.25) is 0 Å². The predicted molar refractivity (Wildman–Crippen MR) is 48.9 cm³/mol. The van der Waals surface area contributed by atoms with Crippen LogP contribution >= 0.6 is 0 Å². The Morgan fingerprint density at radius 3 is 2.40 bits per heavy atom. The molecule has 6 heteroatoms. The van der Waals surface area contributed by atoms with E-state index in [1.54, 1.807) is 6.92 Å². The summed E-state index contributed by atoms with van der Waals surface area (Å²) in [5.74, 6) is -0.530. The van der Waals surface area contributed by atoms with E-state index in [-0.39, 0.29) is 0 Å². The highest BCUT2D eigenvalue weighted by atomic mass is 16.7. The average molecular weight is 220 g/mol. The van der Waals surface area contributed by atoms with Crippen molar-refractivity contribution in [3.63, 3.8) is 0 Å². The molecular weight excluding hydrogens is 204 g/mol. The summed E-state index contributed by atoms with van der Waals surface area (Å²) in [4.78, 5) is 10.8. The first-order chi connectivity index (χ1) is 6.97. The van der Waals surface area contributed by atoms with Crippen LogP contribution in [0.5, 0.6) is 0 Å². The van der Waals surface area contributed by atoms with Crippen molar-refractivity contribution in [3.8, 4) is 0 Å². The molecular formula is C9H16O6. The Balaban J connectivity index is 2.70. The van der Waals surface area contributed by atoms with Gasteiger partial charge >= 0.3 is 5.97 Å². The molecule has 1 aliphatic heterocycles. The minimum Gasteiger partial charge on any atom is -0.457 e. The van der Waals surface area contributed by atoms with Crippen molar-refractivity contribution in [2.75, 3.05) is 7.11 Å². The van der Waals surface area contributed by atoms with Crippen LogP contribution in [0.25, 0.3) is 0 Å². The fraction of sp³-hybridized carbons (Fsp3) is 0.889. The number of methoxy groups -OCH3 is 1. The highest BCUT2D eigenvalue weighted by Crippen LogP contribution is 2.23. The molecule has 0 saturated carbocycles. The lowest BCUT2D eigenvalue weighted by Gasteiger charge is -2.39. The monoisotopic (exact) mass is 220 g/mol. The van der Waals surface area contributed by atoms with Gasteiger partial charge in [-0.25, -0.2) is 0 Å². The third-order valence-corrected chi connectivity index (χ3v) is 2.31. The number of carbonyl (C=O) groups excluding carboxylic acids is 1. The molecule has 0 aromatic rings. The molecule has 1 rings (SSSR count). The van der Waals surface area contributed by atoms with E-state index in [2.05, 4.69) is 0 Å². The average Bonchev–Trinajstić information content (AvgIpc) is 2.18. The molecule has 0 spiro atoms. The molecule has 2 N–H and O–H groups in total. The van der Waals surface area contributed by atoms with E-state index in [4.69, 9.17) is 14.2 Å². The molecule has 15 heavy (non-hydrogen) atoms. The largest absolute Gasteiger partial charge is 0.457 e. The molecule has 0 amide bonds. The van der Waals surface area contributed by atoms with Gasteiger partial charge in [0.05, 0.1) is 6.10 Å². The Labute approximate surface area is 87.7 Å². The van der Waals surface area contributed by atoms with Gasteiger partial charge in [-0.3, -0.25) is 4.79 Å². The normalized spacial score (nSPS) is 41.3. The summed E-state index contributed by atoms with van der Waals surface area (Å²) in [7, 11) is 1.36. The second-order valence-electron chi connectivity index (χ2n) is 3.50. The zero-order valence-electron chi connectivity index (χ0n) is 8.91. The number of carbonyl (C=O) groups is 1. The van der Waals surface area contributed by atoms with Crippen LogP contribution in [-0.2, 0) is 19.0 Å². The Morgan fingerprint density at radius 1 is 1.33 bits per heavy atom. The van der Waals surface area contributed by atoms with Crippen molar-refractivity contribution in [3.05, 3.63) is 0 Å². The molecule has 0 unspecified atom stereocenters. The van der Waals surface area contributed by atoms with E-state index in [9.17, 15) is 15.0 Å². The second kappa shape index (κ2) is 4.89. The van der Waals surface area contributed by atoms with Crippen molar-refractivity contribution in [1.82, 2.24) is 0 Å². The summed E-state index contributed by atoms with van der Waals surface area (Å²) in [6.07, 6.45) is -4.74. The van der Waals surface area contributed by atoms with Crippen LogP contribution < -0.4 is 0 Å². The van der Waals surface area contributed by atoms with E-state index in [0.29, 0.717) is 0 Å². The molecule has 0 aromatic carbocycles. The highest BCUT2D eigenvalue weighted by Gasteiger charge is 2.44. The fourth-order valence-electron chi connectivity index (χ4n) is 1.55. The maximum Gasteiger partial charge on any atom is 0.303 e. The molecule has 0 radical (unpaired) electrons.